The number of aryl methyl sites for hydroxylation is 1. The van der Waals surface area contributed by atoms with E-state index in [0.29, 0.717) is 11.9 Å². The number of unbranched alkanes of at least 4 members (excludes halogenated alkanes) is 1. The van der Waals surface area contributed by atoms with Gasteiger partial charge < -0.3 is 9.30 Å². The molecule has 0 aliphatic heterocycles. The molecule has 0 saturated carbocycles. The van der Waals surface area contributed by atoms with Crippen LogP contribution in [0.3, 0.4) is 0 Å². The zero-order valence-electron chi connectivity index (χ0n) is 11.7. The van der Waals surface area contributed by atoms with E-state index in [4.69, 9.17) is 16.3 Å². The van der Waals surface area contributed by atoms with Crippen molar-refractivity contribution in [3.63, 3.8) is 0 Å². The molecule has 0 bridgehead atoms. The van der Waals surface area contributed by atoms with Crippen molar-refractivity contribution in [3.8, 4) is 5.75 Å². The van der Waals surface area contributed by atoms with Gasteiger partial charge in [-0.15, -0.1) is 0 Å². The summed E-state index contributed by atoms with van der Waals surface area (Å²) in [5, 5.41) is 0.556. The summed E-state index contributed by atoms with van der Waals surface area (Å²) in [5.41, 5.74) is 2.04. The van der Waals surface area contributed by atoms with Crippen LogP contribution in [-0.2, 0) is 6.54 Å². The van der Waals surface area contributed by atoms with Crippen molar-refractivity contribution in [1.29, 1.82) is 0 Å². The fourth-order valence-corrected chi connectivity index (χ4v) is 2.60. The lowest BCUT2D eigenvalue weighted by Gasteiger charge is -2.07. The number of para-hydroxylation sites is 3. The summed E-state index contributed by atoms with van der Waals surface area (Å²) in [6.07, 6.45) is 1.99. The SMILES string of the molecule is Clc1nc2ccccc2n1CCCCOc1ccccc1. The monoisotopic (exact) mass is 300 g/mol. The van der Waals surface area contributed by atoms with Crippen LogP contribution in [0.1, 0.15) is 12.8 Å². The van der Waals surface area contributed by atoms with Gasteiger partial charge in [0.05, 0.1) is 17.6 Å². The quantitative estimate of drug-likeness (QED) is 0.625. The number of nitrogens with zero attached hydrogens (tertiary/aromatic N) is 2. The van der Waals surface area contributed by atoms with Crippen molar-refractivity contribution < 1.29 is 4.74 Å². The molecular weight excluding hydrogens is 284 g/mol. The molecule has 0 aliphatic carbocycles. The molecule has 1 heterocycles. The van der Waals surface area contributed by atoms with Crippen molar-refractivity contribution in [1.82, 2.24) is 9.55 Å². The Morgan fingerprint density at radius 2 is 1.71 bits per heavy atom. The van der Waals surface area contributed by atoms with Gasteiger partial charge in [0.2, 0.25) is 5.28 Å². The minimum Gasteiger partial charge on any atom is -0.494 e. The van der Waals surface area contributed by atoms with Gasteiger partial charge in [-0.05, 0) is 48.7 Å². The highest BCUT2D eigenvalue weighted by Gasteiger charge is 2.07. The first kappa shape index (κ1) is 14.0. The van der Waals surface area contributed by atoms with E-state index in [1.165, 1.54) is 0 Å². The van der Waals surface area contributed by atoms with Crippen molar-refractivity contribution in [2.45, 2.75) is 19.4 Å². The molecule has 21 heavy (non-hydrogen) atoms. The predicted molar refractivity (Wildman–Crippen MR) is 85.9 cm³/mol. The minimum atomic E-state index is 0.556. The summed E-state index contributed by atoms with van der Waals surface area (Å²) in [4.78, 5) is 4.36. The van der Waals surface area contributed by atoms with Gasteiger partial charge in [-0.25, -0.2) is 4.98 Å². The minimum absolute atomic E-state index is 0.556. The van der Waals surface area contributed by atoms with Gasteiger partial charge in [-0.3, -0.25) is 0 Å². The van der Waals surface area contributed by atoms with Gasteiger partial charge in [0.15, 0.2) is 0 Å². The molecule has 0 saturated heterocycles. The normalized spacial score (nSPS) is 10.9. The van der Waals surface area contributed by atoms with Gasteiger partial charge >= 0.3 is 0 Å². The Morgan fingerprint density at radius 1 is 0.952 bits per heavy atom. The van der Waals surface area contributed by atoms with Gasteiger partial charge in [0.1, 0.15) is 5.75 Å². The standard InChI is InChI=1S/C17H17ClN2O/c18-17-19-15-10-4-5-11-16(15)20(17)12-6-7-13-21-14-8-2-1-3-9-14/h1-5,8-11H,6-7,12-13H2. The fraction of sp³-hybridized carbons (Fsp3) is 0.235. The van der Waals surface area contributed by atoms with Crippen LogP contribution in [0.25, 0.3) is 11.0 Å². The average molecular weight is 301 g/mol. The van der Waals surface area contributed by atoms with Crippen LogP contribution in [0.5, 0.6) is 5.75 Å². The molecule has 0 amide bonds. The lowest BCUT2D eigenvalue weighted by atomic mass is 10.3. The number of fused-ring (bicyclic) bond motifs is 1. The molecule has 3 rings (SSSR count). The zero-order chi connectivity index (χ0) is 14.5. The third-order valence-corrected chi connectivity index (χ3v) is 3.68. The molecule has 3 nitrogen and oxygen atoms in total. The molecule has 0 atom stereocenters. The van der Waals surface area contributed by atoms with Gasteiger partial charge in [0.25, 0.3) is 0 Å². The summed E-state index contributed by atoms with van der Waals surface area (Å²) in [7, 11) is 0. The highest BCUT2D eigenvalue weighted by atomic mass is 35.5. The van der Waals surface area contributed by atoms with Gasteiger partial charge in [0, 0.05) is 6.54 Å². The molecule has 3 aromatic rings. The molecule has 0 aliphatic rings. The first-order valence-corrected chi connectivity index (χ1v) is 7.51. The number of benzene rings is 2. The fourth-order valence-electron chi connectivity index (χ4n) is 2.34. The smallest absolute Gasteiger partial charge is 0.203 e. The van der Waals surface area contributed by atoms with Crippen LogP contribution >= 0.6 is 11.6 Å². The van der Waals surface area contributed by atoms with Gasteiger partial charge in [-0.1, -0.05) is 30.3 Å². The van der Waals surface area contributed by atoms with E-state index in [1.807, 2.05) is 48.5 Å². The highest BCUT2D eigenvalue weighted by Crippen LogP contribution is 2.20. The van der Waals surface area contributed by atoms with E-state index in [9.17, 15) is 0 Å². The topological polar surface area (TPSA) is 27.1 Å². The maximum Gasteiger partial charge on any atom is 0.203 e. The van der Waals surface area contributed by atoms with Crippen molar-refractivity contribution >= 4 is 22.6 Å². The maximum atomic E-state index is 6.20. The van der Waals surface area contributed by atoms with Crippen LogP contribution in [0.2, 0.25) is 5.28 Å². The molecule has 0 N–H and O–H groups in total. The Bertz CT molecular complexity index is 709. The number of hydrogen-bond acceptors (Lipinski definition) is 2. The summed E-state index contributed by atoms with van der Waals surface area (Å²) >= 11 is 6.20. The molecule has 4 heteroatoms. The highest BCUT2D eigenvalue weighted by molar-refractivity contribution is 6.29. The Hall–Kier alpha value is -2.00. The second-order valence-corrected chi connectivity index (χ2v) is 5.23. The average Bonchev–Trinajstić information content (AvgIpc) is 2.84. The summed E-state index contributed by atoms with van der Waals surface area (Å²) < 4.78 is 7.74. The predicted octanol–water partition coefficient (Wildman–Crippen LogP) is 4.55. The maximum absolute atomic E-state index is 6.20. The van der Waals surface area contributed by atoms with E-state index in [2.05, 4.69) is 15.6 Å². The van der Waals surface area contributed by atoms with E-state index in [-0.39, 0.29) is 0 Å². The second-order valence-electron chi connectivity index (χ2n) is 4.89. The van der Waals surface area contributed by atoms with Crippen molar-refractivity contribution in [2.24, 2.45) is 0 Å². The molecule has 108 valence electrons. The third-order valence-electron chi connectivity index (χ3n) is 3.40. The van der Waals surface area contributed by atoms with Crippen LogP contribution in [0.4, 0.5) is 0 Å². The number of imidazole rings is 1. The summed E-state index contributed by atoms with van der Waals surface area (Å²) in [6.45, 7) is 1.58. The lowest BCUT2D eigenvalue weighted by Crippen LogP contribution is -2.02. The molecule has 0 spiro atoms. The van der Waals surface area contributed by atoms with Crippen LogP contribution in [0.15, 0.2) is 54.6 Å². The van der Waals surface area contributed by atoms with E-state index in [0.717, 1.165) is 36.2 Å². The second kappa shape index (κ2) is 6.64. The number of rotatable bonds is 6. The summed E-state index contributed by atoms with van der Waals surface area (Å²) in [6, 6.07) is 17.9. The number of halogens is 1. The van der Waals surface area contributed by atoms with E-state index in [1.54, 1.807) is 0 Å². The molecule has 0 radical (unpaired) electrons. The van der Waals surface area contributed by atoms with Crippen LogP contribution in [0, 0.1) is 0 Å². The number of hydrogen-bond donors (Lipinski definition) is 0. The van der Waals surface area contributed by atoms with Crippen molar-refractivity contribution in [3.05, 3.63) is 59.9 Å². The van der Waals surface area contributed by atoms with E-state index >= 15 is 0 Å². The molecule has 1 aromatic heterocycles. The zero-order valence-corrected chi connectivity index (χ0v) is 12.5. The Labute approximate surface area is 129 Å². The lowest BCUT2D eigenvalue weighted by molar-refractivity contribution is 0.303. The molecule has 0 unspecified atom stereocenters. The first-order valence-electron chi connectivity index (χ1n) is 7.13. The van der Waals surface area contributed by atoms with E-state index < -0.39 is 0 Å². The largest absolute Gasteiger partial charge is 0.494 e. The number of aromatic nitrogens is 2. The molecule has 2 aromatic carbocycles. The molecular formula is C17H17ClN2O. The Balaban J connectivity index is 1.52. The van der Waals surface area contributed by atoms with Crippen LogP contribution < -0.4 is 4.74 Å². The third kappa shape index (κ3) is 3.37. The Morgan fingerprint density at radius 3 is 2.57 bits per heavy atom. The van der Waals surface area contributed by atoms with Crippen LogP contribution in [-0.4, -0.2) is 16.2 Å². The first-order chi connectivity index (χ1) is 10.3. The number of ether oxygens (including phenoxy) is 1. The summed E-state index contributed by atoms with van der Waals surface area (Å²) in [5.74, 6) is 0.920. The Kier molecular flexibility index (Phi) is 4.41. The van der Waals surface area contributed by atoms with Crippen molar-refractivity contribution in [2.75, 3.05) is 6.61 Å². The molecule has 0 fully saturated rings. The van der Waals surface area contributed by atoms with Gasteiger partial charge in [-0.2, -0.15) is 0 Å².